The van der Waals surface area contributed by atoms with Crippen LogP contribution in [-0.2, 0) is 6.54 Å². The molecule has 3 nitrogen and oxygen atoms in total. The summed E-state index contributed by atoms with van der Waals surface area (Å²) in [7, 11) is 0. The van der Waals surface area contributed by atoms with Crippen molar-refractivity contribution in [3.05, 3.63) is 35.4 Å². The summed E-state index contributed by atoms with van der Waals surface area (Å²) < 4.78 is 0. The van der Waals surface area contributed by atoms with Gasteiger partial charge in [-0.25, -0.2) is 4.79 Å². The lowest BCUT2D eigenvalue weighted by atomic mass is 10.1. The topological polar surface area (TPSA) is 40.5 Å². The second-order valence-electron chi connectivity index (χ2n) is 3.47. The summed E-state index contributed by atoms with van der Waals surface area (Å²) >= 11 is 0. The molecular formula is C12H18ClNO2. The standard InChI is InChI=1S/C12H17NO2.ClH/c1-3-13(4-2)9-10-6-5-7-11(8-10)12(14)15;/h5-8H,3-4,9H2,1-2H3,(H,14,15);1H. The number of hydrogen-bond acceptors (Lipinski definition) is 2. The van der Waals surface area contributed by atoms with Gasteiger partial charge in [-0.2, -0.15) is 0 Å². The van der Waals surface area contributed by atoms with Crippen molar-refractivity contribution >= 4 is 18.4 Å². The van der Waals surface area contributed by atoms with Crippen molar-refractivity contribution in [3.63, 3.8) is 0 Å². The maximum atomic E-state index is 10.8. The molecule has 0 atom stereocenters. The third-order valence-electron chi connectivity index (χ3n) is 2.47. The van der Waals surface area contributed by atoms with Gasteiger partial charge in [0.2, 0.25) is 0 Å². The van der Waals surface area contributed by atoms with Crippen LogP contribution in [0.5, 0.6) is 0 Å². The minimum Gasteiger partial charge on any atom is -0.478 e. The molecule has 0 saturated heterocycles. The molecule has 1 rings (SSSR count). The first-order valence-corrected chi connectivity index (χ1v) is 5.22. The molecule has 1 aromatic carbocycles. The van der Waals surface area contributed by atoms with Crippen LogP contribution in [-0.4, -0.2) is 29.1 Å². The summed E-state index contributed by atoms with van der Waals surface area (Å²) in [6, 6.07) is 7.11. The normalized spacial score (nSPS) is 9.94. The number of carboxylic acid groups (broad SMARTS) is 1. The number of benzene rings is 1. The lowest BCUT2D eigenvalue weighted by molar-refractivity contribution is 0.0696. The Hall–Kier alpha value is -1.06. The number of nitrogens with zero attached hydrogens (tertiary/aromatic N) is 1. The second kappa shape index (κ2) is 7.25. The zero-order chi connectivity index (χ0) is 11.3. The van der Waals surface area contributed by atoms with E-state index in [2.05, 4.69) is 18.7 Å². The average Bonchev–Trinajstić information content (AvgIpc) is 2.26. The fourth-order valence-electron chi connectivity index (χ4n) is 1.51. The molecule has 1 aromatic rings. The average molecular weight is 244 g/mol. The minimum absolute atomic E-state index is 0. The van der Waals surface area contributed by atoms with Crippen molar-refractivity contribution in [1.29, 1.82) is 0 Å². The lowest BCUT2D eigenvalue weighted by Gasteiger charge is -2.17. The van der Waals surface area contributed by atoms with Crippen molar-refractivity contribution in [2.45, 2.75) is 20.4 Å². The molecule has 0 aromatic heterocycles. The molecular weight excluding hydrogens is 226 g/mol. The molecule has 0 heterocycles. The molecule has 0 bridgehead atoms. The summed E-state index contributed by atoms with van der Waals surface area (Å²) in [5, 5.41) is 8.84. The van der Waals surface area contributed by atoms with Gasteiger partial charge in [0, 0.05) is 6.54 Å². The Bertz CT molecular complexity index is 338. The zero-order valence-corrected chi connectivity index (χ0v) is 10.5. The Morgan fingerprint density at radius 1 is 1.31 bits per heavy atom. The number of aromatic carboxylic acids is 1. The molecule has 0 spiro atoms. The van der Waals surface area contributed by atoms with E-state index in [1.807, 2.05) is 6.07 Å². The highest BCUT2D eigenvalue weighted by Gasteiger charge is 2.05. The highest BCUT2D eigenvalue weighted by molar-refractivity contribution is 5.87. The van der Waals surface area contributed by atoms with Crippen LogP contribution in [0.4, 0.5) is 0 Å². The quantitative estimate of drug-likeness (QED) is 0.864. The van der Waals surface area contributed by atoms with Gasteiger partial charge in [-0.3, -0.25) is 4.90 Å². The Morgan fingerprint density at radius 2 is 1.94 bits per heavy atom. The van der Waals surface area contributed by atoms with Crippen molar-refractivity contribution in [2.75, 3.05) is 13.1 Å². The summed E-state index contributed by atoms with van der Waals surface area (Å²) in [6.45, 7) is 6.98. The fraction of sp³-hybridized carbons (Fsp3) is 0.417. The molecule has 0 radical (unpaired) electrons. The molecule has 0 amide bonds. The fourth-order valence-corrected chi connectivity index (χ4v) is 1.51. The third-order valence-corrected chi connectivity index (χ3v) is 2.47. The van der Waals surface area contributed by atoms with E-state index in [-0.39, 0.29) is 12.4 Å². The Morgan fingerprint density at radius 3 is 2.44 bits per heavy atom. The van der Waals surface area contributed by atoms with Crippen LogP contribution in [0.2, 0.25) is 0 Å². The van der Waals surface area contributed by atoms with Crippen LogP contribution in [0, 0.1) is 0 Å². The monoisotopic (exact) mass is 243 g/mol. The molecule has 16 heavy (non-hydrogen) atoms. The summed E-state index contributed by atoms with van der Waals surface area (Å²) in [5.41, 5.74) is 1.42. The second-order valence-corrected chi connectivity index (χ2v) is 3.47. The van der Waals surface area contributed by atoms with Gasteiger partial charge in [0.1, 0.15) is 0 Å². The van der Waals surface area contributed by atoms with Gasteiger partial charge in [-0.05, 0) is 30.8 Å². The Kier molecular flexibility index (Phi) is 6.77. The van der Waals surface area contributed by atoms with Crippen LogP contribution in [0.25, 0.3) is 0 Å². The lowest BCUT2D eigenvalue weighted by Crippen LogP contribution is -2.22. The van der Waals surface area contributed by atoms with Crippen molar-refractivity contribution < 1.29 is 9.90 Å². The number of rotatable bonds is 5. The molecule has 90 valence electrons. The summed E-state index contributed by atoms with van der Waals surface area (Å²) in [5.74, 6) is -0.864. The van der Waals surface area contributed by atoms with E-state index in [0.29, 0.717) is 5.56 Å². The van der Waals surface area contributed by atoms with Crippen molar-refractivity contribution in [3.8, 4) is 0 Å². The smallest absolute Gasteiger partial charge is 0.335 e. The van der Waals surface area contributed by atoms with Gasteiger partial charge in [-0.15, -0.1) is 12.4 Å². The highest BCUT2D eigenvalue weighted by atomic mass is 35.5. The van der Waals surface area contributed by atoms with E-state index in [0.717, 1.165) is 25.2 Å². The molecule has 1 N–H and O–H groups in total. The van der Waals surface area contributed by atoms with E-state index in [1.54, 1.807) is 18.2 Å². The number of halogens is 1. The van der Waals surface area contributed by atoms with Crippen LogP contribution < -0.4 is 0 Å². The number of carboxylic acids is 1. The van der Waals surface area contributed by atoms with Crippen LogP contribution in [0.3, 0.4) is 0 Å². The SMILES string of the molecule is CCN(CC)Cc1cccc(C(=O)O)c1.Cl. The number of hydrogen-bond donors (Lipinski definition) is 1. The van der Waals surface area contributed by atoms with Gasteiger partial charge < -0.3 is 5.11 Å². The van der Waals surface area contributed by atoms with Crippen molar-refractivity contribution in [1.82, 2.24) is 4.90 Å². The van der Waals surface area contributed by atoms with Crippen LogP contribution >= 0.6 is 12.4 Å². The predicted octanol–water partition coefficient (Wildman–Crippen LogP) is 2.65. The van der Waals surface area contributed by atoms with E-state index in [9.17, 15) is 4.79 Å². The first-order valence-electron chi connectivity index (χ1n) is 5.22. The summed E-state index contributed by atoms with van der Waals surface area (Å²) in [6.07, 6.45) is 0. The largest absolute Gasteiger partial charge is 0.478 e. The first-order chi connectivity index (χ1) is 7.17. The predicted molar refractivity (Wildman–Crippen MR) is 67.3 cm³/mol. The highest BCUT2D eigenvalue weighted by Crippen LogP contribution is 2.08. The van der Waals surface area contributed by atoms with Gasteiger partial charge in [0.05, 0.1) is 5.56 Å². The van der Waals surface area contributed by atoms with Crippen LogP contribution in [0.15, 0.2) is 24.3 Å². The molecule has 4 heteroatoms. The maximum absolute atomic E-state index is 10.8. The van der Waals surface area contributed by atoms with E-state index in [1.165, 1.54) is 0 Å². The molecule has 0 unspecified atom stereocenters. The molecule has 0 aliphatic heterocycles. The molecule has 0 saturated carbocycles. The van der Waals surface area contributed by atoms with E-state index < -0.39 is 5.97 Å². The van der Waals surface area contributed by atoms with Crippen LogP contribution in [0.1, 0.15) is 29.8 Å². The molecule has 0 fully saturated rings. The minimum atomic E-state index is -0.864. The number of carbonyl (C=O) groups is 1. The Labute approximate surface area is 102 Å². The molecule has 0 aliphatic rings. The zero-order valence-electron chi connectivity index (χ0n) is 9.64. The van der Waals surface area contributed by atoms with E-state index >= 15 is 0 Å². The van der Waals surface area contributed by atoms with Gasteiger partial charge >= 0.3 is 5.97 Å². The maximum Gasteiger partial charge on any atom is 0.335 e. The van der Waals surface area contributed by atoms with Gasteiger partial charge in [-0.1, -0.05) is 26.0 Å². The van der Waals surface area contributed by atoms with Gasteiger partial charge in [0.15, 0.2) is 0 Å². The Balaban J connectivity index is 0.00000225. The first kappa shape index (κ1) is 14.9. The third kappa shape index (κ3) is 4.21. The van der Waals surface area contributed by atoms with Gasteiger partial charge in [0.25, 0.3) is 0 Å². The summed E-state index contributed by atoms with van der Waals surface area (Å²) in [4.78, 5) is 13.0. The molecule has 0 aliphatic carbocycles. The van der Waals surface area contributed by atoms with Crippen molar-refractivity contribution in [2.24, 2.45) is 0 Å². The van der Waals surface area contributed by atoms with E-state index in [4.69, 9.17) is 5.11 Å².